The molecular weight excluding hydrogens is 282 g/mol. The largest absolute Gasteiger partial charge is 0.482 e. The quantitative estimate of drug-likeness (QED) is 0.756. The molecule has 0 aliphatic carbocycles. The number of amides is 1. The molecule has 1 aromatic carbocycles. The van der Waals surface area contributed by atoms with Crippen LogP contribution in [-0.4, -0.2) is 39.2 Å². The molecule has 0 saturated carbocycles. The first-order valence-electron chi connectivity index (χ1n) is 6.70. The van der Waals surface area contributed by atoms with Gasteiger partial charge in [-0.2, -0.15) is 0 Å². The van der Waals surface area contributed by atoms with Gasteiger partial charge in [-0.1, -0.05) is 6.07 Å². The van der Waals surface area contributed by atoms with Crippen LogP contribution in [0.2, 0.25) is 0 Å². The fourth-order valence-corrected chi connectivity index (χ4v) is 2.17. The maximum absolute atomic E-state index is 12.0. The summed E-state index contributed by atoms with van der Waals surface area (Å²) in [6.07, 6.45) is -1.90. The van der Waals surface area contributed by atoms with Crippen LogP contribution in [0, 0.1) is 0 Å². The molecule has 1 aliphatic heterocycles. The van der Waals surface area contributed by atoms with Crippen LogP contribution in [0.5, 0.6) is 5.75 Å². The SMILES string of the molecule is CNC(CCOCC(F)F)c1ccc2c(c1)NC(=O)CO2. The molecule has 0 fully saturated rings. The van der Waals surface area contributed by atoms with E-state index in [1.165, 1.54) is 0 Å². The van der Waals surface area contributed by atoms with Gasteiger partial charge in [0.1, 0.15) is 12.4 Å². The molecule has 1 heterocycles. The van der Waals surface area contributed by atoms with Gasteiger partial charge in [0.15, 0.2) is 6.61 Å². The van der Waals surface area contributed by atoms with E-state index < -0.39 is 13.0 Å². The van der Waals surface area contributed by atoms with Crippen molar-refractivity contribution in [2.75, 3.05) is 32.2 Å². The van der Waals surface area contributed by atoms with E-state index in [9.17, 15) is 13.6 Å². The van der Waals surface area contributed by atoms with Crippen molar-refractivity contribution < 1.29 is 23.0 Å². The van der Waals surface area contributed by atoms with Crippen molar-refractivity contribution in [3.8, 4) is 5.75 Å². The molecule has 0 bridgehead atoms. The molecule has 1 aromatic rings. The highest BCUT2D eigenvalue weighted by molar-refractivity contribution is 5.95. The van der Waals surface area contributed by atoms with E-state index >= 15 is 0 Å². The lowest BCUT2D eigenvalue weighted by molar-refractivity contribution is -0.118. The van der Waals surface area contributed by atoms with Crippen molar-refractivity contribution in [3.63, 3.8) is 0 Å². The van der Waals surface area contributed by atoms with E-state index in [2.05, 4.69) is 10.6 Å². The first kappa shape index (κ1) is 15.7. The monoisotopic (exact) mass is 300 g/mol. The van der Waals surface area contributed by atoms with Gasteiger partial charge < -0.3 is 20.1 Å². The standard InChI is InChI=1S/C14H18F2N2O3/c1-17-10(4-5-20-7-13(15)16)9-2-3-12-11(6-9)18-14(19)8-21-12/h2-3,6,10,13,17H,4-5,7-8H2,1H3,(H,18,19). The van der Waals surface area contributed by atoms with Crippen molar-refractivity contribution in [2.45, 2.75) is 18.9 Å². The van der Waals surface area contributed by atoms with E-state index in [0.29, 0.717) is 17.9 Å². The Morgan fingerprint density at radius 2 is 2.29 bits per heavy atom. The van der Waals surface area contributed by atoms with Crippen LogP contribution < -0.4 is 15.4 Å². The van der Waals surface area contributed by atoms with Gasteiger partial charge in [-0.3, -0.25) is 4.79 Å². The van der Waals surface area contributed by atoms with E-state index in [1.54, 1.807) is 13.1 Å². The lowest BCUT2D eigenvalue weighted by atomic mass is 10.0. The first-order valence-corrected chi connectivity index (χ1v) is 6.70. The molecule has 1 atom stereocenters. The number of alkyl halides is 2. The molecular formula is C14H18F2N2O3. The number of ether oxygens (including phenoxy) is 2. The highest BCUT2D eigenvalue weighted by Crippen LogP contribution is 2.31. The minimum atomic E-state index is -2.45. The molecule has 5 nitrogen and oxygen atoms in total. The van der Waals surface area contributed by atoms with Gasteiger partial charge in [-0.15, -0.1) is 0 Å². The Hall–Kier alpha value is -1.73. The maximum Gasteiger partial charge on any atom is 0.262 e. The normalized spacial score (nSPS) is 15.3. The third-order valence-electron chi connectivity index (χ3n) is 3.18. The molecule has 1 amide bonds. The van der Waals surface area contributed by atoms with Gasteiger partial charge in [0, 0.05) is 12.6 Å². The Bertz CT molecular complexity index is 497. The lowest BCUT2D eigenvalue weighted by Gasteiger charge is -2.22. The summed E-state index contributed by atoms with van der Waals surface area (Å²) < 4.78 is 34.2. The zero-order valence-corrected chi connectivity index (χ0v) is 11.7. The molecule has 0 spiro atoms. The topological polar surface area (TPSA) is 59.6 Å². The summed E-state index contributed by atoms with van der Waals surface area (Å²) >= 11 is 0. The summed E-state index contributed by atoms with van der Waals surface area (Å²) in [4.78, 5) is 11.3. The van der Waals surface area contributed by atoms with E-state index in [-0.39, 0.29) is 25.2 Å². The van der Waals surface area contributed by atoms with E-state index in [4.69, 9.17) is 9.47 Å². The fraction of sp³-hybridized carbons (Fsp3) is 0.500. The predicted molar refractivity (Wildman–Crippen MR) is 73.8 cm³/mol. The van der Waals surface area contributed by atoms with Crippen molar-refractivity contribution >= 4 is 11.6 Å². The zero-order valence-electron chi connectivity index (χ0n) is 11.7. The minimum Gasteiger partial charge on any atom is -0.482 e. The first-order chi connectivity index (χ1) is 10.1. The second-order valence-corrected chi connectivity index (χ2v) is 4.69. The number of nitrogens with one attached hydrogen (secondary N) is 2. The summed E-state index contributed by atoms with van der Waals surface area (Å²) in [5, 5.41) is 5.84. The van der Waals surface area contributed by atoms with Gasteiger partial charge in [-0.25, -0.2) is 8.78 Å². The Labute approximate surface area is 121 Å². The second-order valence-electron chi connectivity index (χ2n) is 4.69. The van der Waals surface area contributed by atoms with Crippen LogP contribution in [0.1, 0.15) is 18.0 Å². The molecule has 0 aromatic heterocycles. The van der Waals surface area contributed by atoms with Crippen molar-refractivity contribution in [1.29, 1.82) is 0 Å². The number of carbonyl (C=O) groups excluding carboxylic acids is 1. The number of anilines is 1. The van der Waals surface area contributed by atoms with Gasteiger partial charge in [0.2, 0.25) is 0 Å². The number of halogens is 2. The molecule has 2 N–H and O–H groups in total. The molecule has 0 radical (unpaired) electrons. The van der Waals surface area contributed by atoms with E-state index in [1.807, 2.05) is 12.1 Å². The van der Waals surface area contributed by atoms with Crippen molar-refractivity contribution in [1.82, 2.24) is 5.32 Å². The molecule has 7 heteroatoms. The Morgan fingerprint density at radius 3 is 3.00 bits per heavy atom. The molecule has 1 unspecified atom stereocenters. The molecule has 2 rings (SSSR count). The van der Waals surface area contributed by atoms with E-state index in [0.717, 1.165) is 5.56 Å². The number of hydrogen-bond acceptors (Lipinski definition) is 4. The zero-order chi connectivity index (χ0) is 15.2. The summed E-state index contributed by atoms with van der Waals surface area (Å²) in [5.74, 6) is 0.433. The average Bonchev–Trinajstić information content (AvgIpc) is 2.46. The fourth-order valence-electron chi connectivity index (χ4n) is 2.17. The summed E-state index contributed by atoms with van der Waals surface area (Å²) in [5.41, 5.74) is 1.56. The Balaban J connectivity index is 1.98. The lowest BCUT2D eigenvalue weighted by Crippen LogP contribution is -2.26. The Morgan fingerprint density at radius 1 is 1.48 bits per heavy atom. The molecule has 1 aliphatic rings. The van der Waals surface area contributed by atoms with Crippen LogP contribution >= 0.6 is 0 Å². The third kappa shape index (κ3) is 4.37. The smallest absolute Gasteiger partial charge is 0.262 e. The van der Waals surface area contributed by atoms with Crippen molar-refractivity contribution in [2.24, 2.45) is 0 Å². The summed E-state index contributed by atoms with van der Waals surface area (Å²) in [6.45, 7) is -0.302. The molecule has 116 valence electrons. The van der Waals surface area contributed by atoms with Crippen LogP contribution in [0.25, 0.3) is 0 Å². The number of benzene rings is 1. The van der Waals surface area contributed by atoms with Gasteiger partial charge >= 0.3 is 0 Å². The van der Waals surface area contributed by atoms with Crippen LogP contribution in [0.3, 0.4) is 0 Å². The van der Waals surface area contributed by atoms with Crippen molar-refractivity contribution in [3.05, 3.63) is 23.8 Å². The highest BCUT2D eigenvalue weighted by Gasteiger charge is 2.18. The van der Waals surface area contributed by atoms with Gasteiger partial charge in [-0.05, 0) is 31.2 Å². The summed E-state index contributed by atoms with van der Waals surface area (Å²) in [7, 11) is 1.78. The van der Waals surface area contributed by atoms with Crippen LogP contribution in [0.15, 0.2) is 18.2 Å². The van der Waals surface area contributed by atoms with Crippen LogP contribution in [-0.2, 0) is 9.53 Å². The van der Waals surface area contributed by atoms with Gasteiger partial charge in [0.05, 0.1) is 5.69 Å². The minimum absolute atomic E-state index is 0.0171. The number of hydrogen-bond donors (Lipinski definition) is 2. The second kappa shape index (κ2) is 7.33. The number of carbonyl (C=O) groups is 1. The van der Waals surface area contributed by atoms with Gasteiger partial charge in [0.25, 0.3) is 12.3 Å². The average molecular weight is 300 g/mol. The maximum atomic E-state index is 12.0. The number of fused-ring (bicyclic) bond motifs is 1. The third-order valence-corrected chi connectivity index (χ3v) is 3.18. The highest BCUT2D eigenvalue weighted by atomic mass is 19.3. The number of rotatable bonds is 7. The molecule has 0 saturated heterocycles. The Kier molecular flexibility index (Phi) is 5.46. The summed E-state index contributed by atoms with van der Waals surface area (Å²) in [6, 6.07) is 5.44. The predicted octanol–water partition coefficient (Wildman–Crippen LogP) is 1.95. The van der Waals surface area contributed by atoms with Crippen LogP contribution in [0.4, 0.5) is 14.5 Å². The molecule has 21 heavy (non-hydrogen) atoms.